The van der Waals surface area contributed by atoms with Crippen LogP contribution < -0.4 is 5.32 Å². The van der Waals surface area contributed by atoms with Gasteiger partial charge in [0.1, 0.15) is 5.82 Å². The molecular formula is C18H25FN2O2. The predicted octanol–water partition coefficient (Wildman–Crippen LogP) is 3.95. The molecule has 1 aliphatic carbocycles. The highest BCUT2D eigenvalue weighted by Crippen LogP contribution is 2.28. The number of urea groups is 1. The number of anilines is 1. The van der Waals surface area contributed by atoms with Gasteiger partial charge in [0.25, 0.3) is 0 Å². The van der Waals surface area contributed by atoms with Gasteiger partial charge in [-0.3, -0.25) is 0 Å². The largest absolute Gasteiger partial charge is 0.376 e. The Morgan fingerprint density at radius 1 is 1.30 bits per heavy atom. The molecule has 1 saturated heterocycles. The van der Waals surface area contributed by atoms with E-state index in [-0.39, 0.29) is 18.0 Å². The molecule has 3 rings (SSSR count). The lowest BCUT2D eigenvalue weighted by molar-refractivity contribution is 0.0748. The summed E-state index contributed by atoms with van der Waals surface area (Å²) in [5, 5.41) is 2.93. The van der Waals surface area contributed by atoms with Crippen LogP contribution in [-0.4, -0.2) is 36.7 Å². The summed E-state index contributed by atoms with van der Waals surface area (Å²) in [5.74, 6) is 0.322. The molecule has 5 heteroatoms. The molecule has 0 unspecified atom stereocenters. The van der Waals surface area contributed by atoms with Gasteiger partial charge < -0.3 is 15.0 Å². The fourth-order valence-electron chi connectivity index (χ4n) is 3.22. The molecule has 0 radical (unpaired) electrons. The Labute approximate surface area is 137 Å². The Morgan fingerprint density at radius 2 is 2.13 bits per heavy atom. The van der Waals surface area contributed by atoms with Gasteiger partial charge in [-0.2, -0.15) is 0 Å². The number of carbonyl (C=O) groups is 1. The number of carbonyl (C=O) groups excluding carboxylic acids is 1. The number of aryl methyl sites for hydroxylation is 1. The number of ether oxygens (including phenoxy) is 1. The lowest BCUT2D eigenvalue weighted by Gasteiger charge is -2.33. The molecule has 2 amide bonds. The van der Waals surface area contributed by atoms with Crippen LogP contribution in [0.4, 0.5) is 14.9 Å². The van der Waals surface area contributed by atoms with Gasteiger partial charge in [0.2, 0.25) is 0 Å². The van der Waals surface area contributed by atoms with Crippen LogP contribution in [0.1, 0.15) is 37.7 Å². The Kier molecular flexibility index (Phi) is 5.16. The molecule has 0 aromatic heterocycles. The lowest BCUT2D eigenvalue weighted by Crippen LogP contribution is -2.44. The van der Waals surface area contributed by atoms with Gasteiger partial charge in [0.05, 0.1) is 6.10 Å². The van der Waals surface area contributed by atoms with Crippen molar-refractivity contribution in [2.24, 2.45) is 5.92 Å². The highest BCUT2D eigenvalue weighted by Gasteiger charge is 2.27. The maximum absolute atomic E-state index is 13.2. The fraction of sp³-hybridized carbons (Fsp3) is 0.611. The second-order valence-electron chi connectivity index (χ2n) is 6.73. The number of hydrogen-bond acceptors (Lipinski definition) is 2. The Balaban J connectivity index is 1.65. The minimum absolute atomic E-state index is 0.109. The van der Waals surface area contributed by atoms with Crippen LogP contribution in [-0.2, 0) is 4.74 Å². The number of rotatable bonds is 5. The van der Waals surface area contributed by atoms with Crippen molar-refractivity contribution in [2.75, 3.05) is 25.0 Å². The van der Waals surface area contributed by atoms with Crippen LogP contribution in [0.2, 0.25) is 0 Å². The van der Waals surface area contributed by atoms with Crippen LogP contribution in [0.25, 0.3) is 0 Å². The summed E-state index contributed by atoms with van der Waals surface area (Å²) in [6.45, 7) is 4.02. The van der Waals surface area contributed by atoms with Crippen molar-refractivity contribution in [1.82, 2.24) is 4.90 Å². The van der Waals surface area contributed by atoms with Crippen LogP contribution in [0.5, 0.6) is 0 Å². The van der Waals surface area contributed by atoms with Crippen molar-refractivity contribution >= 4 is 11.7 Å². The molecule has 1 saturated carbocycles. The van der Waals surface area contributed by atoms with E-state index in [4.69, 9.17) is 4.74 Å². The highest BCUT2D eigenvalue weighted by atomic mass is 19.1. The first-order chi connectivity index (χ1) is 11.1. The average molecular weight is 320 g/mol. The predicted molar refractivity (Wildman–Crippen MR) is 88.0 cm³/mol. The first-order valence-electron chi connectivity index (χ1n) is 8.55. The highest BCUT2D eigenvalue weighted by molar-refractivity contribution is 5.90. The summed E-state index contributed by atoms with van der Waals surface area (Å²) in [5.41, 5.74) is 1.40. The molecule has 1 atom stereocenters. The summed E-state index contributed by atoms with van der Waals surface area (Å²) in [6, 6.07) is 4.32. The average Bonchev–Trinajstić information content (AvgIpc) is 2.97. The maximum Gasteiger partial charge on any atom is 0.321 e. The van der Waals surface area contributed by atoms with Crippen molar-refractivity contribution < 1.29 is 13.9 Å². The van der Waals surface area contributed by atoms with Gasteiger partial charge in [-0.1, -0.05) is 6.42 Å². The molecule has 126 valence electrons. The number of amides is 2. The molecule has 1 aliphatic heterocycles. The maximum atomic E-state index is 13.2. The topological polar surface area (TPSA) is 41.6 Å². The number of benzene rings is 1. The monoisotopic (exact) mass is 320 g/mol. The zero-order valence-corrected chi connectivity index (χ0v) is 13.7. The zero-order valence-electron chi connectivity index (χ0n) is 13.7. The Bertz CT molecular complexity index is 554. The van der Waals surface area contributed by atoms with Gasteiger partial charge in [-0.05, 0) is 62.3 Å². The smallest absolute Gasteiger partial charge is 0.321 e. The molecule has 4 nitrogen and oxygen atoms in total. The summed E-state index contributed by atoms with van der Waals surface area (Å²) < 4.78 is 18.9. The van der Waals surface area contributed by atoms with E-state index in [0.717, 1.165) is 31.6 Å². The standard InChI is InChI=1S/C18H25FN2O2/c1-13-10-15(19)7-8-17(13)20-18(22)21(11-14-4-2-5-14)12-16-6-3-9-23-16/h7-8,10,14,16H,2-6,9,11-12H2,1H3,(H,20,22)/t16-/m0/s1. The van der Waals surface area contributed by atoms with E-state index in [0.29, 0.717) is 18.2 Å². The SMILES string of the molecule is Cc1cc(F)ccc1NC(=O)N(CC1CCC1)C[C@@H]1CCCO1. The van der Waals surface area contributed by atoms with E-state index < -0.39 is 0 Å². The molecule has 2 fully saturated rings. The summed E-state index contributed by atoms with van der Waals surface area (Å²) >= 11 is 0. The van der Waals surface area contributed by atoms with Crippen LogP contribution >= 0.6 is 0 Å². The number of halogens is 1. The van der Waals surface area contributed by atoms with Crippen molar-refractivity contribution in [1.29, 1.82) is 0 Å². The fourth-order valence-corrected chi connectivity index (χ4v) is 3.22. The summed E-state index contributed by atoms with van der Waals surface area (Å²) in [4.78, 5) is 14.6. The molecule has 1 N–H and O–H groups in total. The van der Waals surface area contributed by atoms with Crippen molar-refractivity contribution in [2.45, 2.75) is 45.1 Å². The second kappa shape index (κ2) is 7.30. The van der Waals surface area contributed by atoms with Crippen molar-refractivity contribution in [3.05, 3.63) is 29.6 Å². The molecule has 23 heavy (non-hydrogen) atoms. The van der Waals surface area contributed by atoms with E-state index in [1.54, 1.807) is 13.0 Å². The molecular weight excluding hydrogens is 295 g/mol. The van der Waals surface area contributed by atoms with Gasteiger partial charge in [-0.25, -0.2) is 9.18 Å². The van der Waals surface area contributed by atoms with Crippen LogP contribution in [0.15, 0.2) is 18.2 Å². The number of nitrogens with zero attached hydrogens (tertiary/aromatic N) is 1. The van der Waals surface area contributed by atoms with Gasteiger partial charge in [-0.15, -0.1) is 0 Å². The molecule has 0 bridgehead atoms. The van der Waals surface area contributed by atoms with Gasteiger partial charge >= 0.3 is 6.03 Å². The number of hydrogen-bond donors (Lipinski definition) is 1. The third-order valence-electron chi connectivity index (χ3n) is 4.87. The number of nitrogens with one attached hydrogen (secondary N) is 1. The van der Waals surface area contributed by atoms with Gasteiger partial charge in [0, 0.05) is 25.4 Å². The van der Waals surface area contributed by atoms with E-state index >= 15 is 0 Å². The molecule has 1 aromatic rings. The van der Waals surface area contributed by atoms with Crippen LogP contribution in [0, 0.1) is 18.7 Å². The van der Waals surface area contributed by atoms with Crippen molar-refractivity contribution in [3.63, 3.8) is 0 Å². The Morgan fingerprint density at radius 3 is 2.74 bits per heavy atom. The van der Waals surface area contributed by atoms with Crippen molar-refractivity contribution in [3.8, 4) is 0 Å². The normalized spacial score (nSPS) is 21.0. The Hall–Kier alpha value is -1.62. The molecule has 1 heterocycles. The van der Waals surface area contributed by atoms with Gasteiger partial charge in [0.15, 0.2) is 0 Å². The first kappa shape index (κ1) is 16.2. The molecule has 2 aliphatic rings. The zero-order chi connectivity index (χ0) is 16.2. The van der Waals surface area contributed by atoms with E-state index in [1.807, 2.05) is 4.90 Å². The minimum atomic E-state index is -0.286. The molecule has 0 spiro atoms. The minimum Gasteiger partial charge on any atom is -0.376 e. The first-order valence-corrected chi connectivity index (χ1v) is 8.55. The summed E-state index contributed by atoms with van der Waals surface area (Å²) in [7, 11) is 0. The van der Waals surface area contributed by atoms with E-state index in [9.17, 15) is 9.18 Å². The second-order valence-corrected chi connectivity index (χ2v) is 6.73. The third kappa shape index (κ3) is 4.22. The van der Waals surface area contributed by atoms with Crippen LogP contribution in [0.3, 0.4) is 0 Å². The third-order valence-corrected chi connectivity index (χ3v) is 4.87. The molecule has 1 aromatic carbocycles. The van der Waals surface area contributed by atoms with E-state index in [1.165, 1.54) is 31.4 Å². The van der Waals surface area contributed by atoms with E-state index in [2.05, 4.69) is 5.32 Å². The quantitative estimate of drug-likeness (QED) is 0.892. The summed E-state index contributed by atoms with van der Waals surface area (Å²) in [6.07, 6.45) is 5.90. The lowest BCUT2D eigenvalue weighted by atomic mass is 9.85.